The first-order chi connectivity index (χ1) is 13.3. The maximum absolute atomic E-state index is 13.4. The average molecular weight is 420 g/mol. The molecule has 1 atom stereocenters. The lowest BCUT2D eigenvalue weighted by Gasteiger charge is -2.23. The van der Waals surface area contributed by atoms with Gasteiger partial charge in [0.25, 0.3) is 5.91 Å². The second-order valence-electron chi connectivity index (χ2n) is 6.60. The number of amides is 3. The molecule has 1 unspecified atom stereocenters. The van der Waals surface area contributed by atoms with Crippen molar-refractivity contribution >= 4 is 34.9 Å². The number of aromatic nitrogens is 1. The molecule has 9 heteroatoms. The van der Waals surface area contributed by atoms with Gasteiger partial charge in [-0.2, -0.15) is 11.3 Å². The number of nitrogens with one attached hydrogen (secondary N) is 1. The van der Waals surface area contributed by atoms with Crippen LogP contribution in [0.3, 0.4) is 0 Å². The minimum atomic E-state index is -1.39. The molecule has 1 fully saturated rings. The zero-order chi connectivity index (χ0) is 20.1. The Morgan fingerprint density at radius 2 is 2.14 bits per heavy atom. The number of thiophene rings is 1. The van der Waals surface area contributed by atoms with Crippen LogP contribution in [0.15, 0.2) is 39.4 Å². The molecule has 0 radical (unpaired) electrons. The van der Waals surface area contributed by atoms with Crippen molar-refractivity contribution in [2.24, 2.45) is 0 Å². The highest BCUT2D eigenvalue weighted by atomic mass is 35.5. The minimum absolute atomic E-state index is 0.0431. The molecule has 4 rings (SSSR count). The predicted molar refractivity (Wildman–Crippen MR) is 102 cm³/mol. The summed E-state index contributed by atoms with van der Waals surface area (Å²) in [5.74, 6) is -0.0592. The van der Waals surface area contributed by atoms with Crippen LogP contribution in [0, 0.1) is 12.7 Å². The van der Waals surface area contributed by atoms with Crippen molar-refractivity contribution < 1.29 is 18.4 Å². The van der Waals surface area contributed by atoms with Gasteiger partial charge in [0.2, 0.25) is 5.89 Å². The van der Waals surface area contributed by atoms with Gasteiger partial charge in [-0.1, -0.05) is 17.7 Å². The summed E-state index contributed by atoms with van der Waals surface area (Å²) in [7, 11) is 0. The number of carbonyl (C=O) groups is 2. The summed E-state index contributed by atoms with van der Waals surface area (Å²) >= 11 is 7.63. The summed E-state index contributed by atoms with van der Waals surface area (Å²) in [5, 5.41) is 6.53. The van der Waals surface area contributed by atoms with E-state index < -0.39 is 23.3 Å². The maximum atomic E-state index is 13.4. The summed E-state index contributed by atoms with van der Waals surface area (Å²) in [4.78, 5) is 31.1. The Morgan fingerprint density at radius 3 is 2.82 bits per heavy atom. The zero-order valence-corrected chi connectivity index (χ0v) is 16.5. The Bertz CT molecular complexity index is 1080. The molecule has 3 heterocycles. The van der Waals surface area contributed by atoms with E-state index in [1.165, 1.54) is 23.5 Å². The van der Waals surface area contributed by atoms with E-state index in [2.05, 4.69) is 10.3 Å². The van der Waals surface area contributed by atoms with Crippen molar-refractivity contribution in [1.82, 2.24) is 15.2 Å². The van der Waals surface area contributed by atoms with Crippen LogP contribution >= 0.6 is 22.9 Å². The van der Waals surface area contributed by atoms with Crippen molar-refractivity contribution in [3.8, 4) is 11.5 Å². The fourth-order valence-corrected chi connectivity index (χ4v) is 4.14. The Kier molecular flexibility index (Phi) is 4.47. The normalized spacial score (nSPS) is 19.4. The van der Waals surface area contributed by atoms with Crippen LogP contribution in [-0.4, -0.2) is 21.8 Å². The lowest BCUT2D eigenvalue weighted by molar-refractivity contribution is -0.131. The van der Waals surface area contributed by atoms with E-state index in [0.29, 0.717) is 22.9 Å². The molecule has 1 aliphatic rings. The number of hydrogen-bond acceptors (Lipinski definition) is 5. The van der Waals surface area contributed by atoms with Gasteiger partial charge in [0.05, 0.1) is 6.54 Å². The van der Waals surface area contributed by atoms with Crippen LogP contribution in [0.4, 0.5) is 9.18 Å². The lowest BCUT2D eigenvalue weighted by atomic mass is 9.92. The van der Waals surface area contributed by atoms with Crippen molar-refractivity contribution in [3.63, 3.8) is 0 Å². The van der Waals surface area contributed by atoms with Gasteiger partial charge in [-0.15, -0.1) is 0 Å². The molecule has 1 N–H and O–H groups in total. The molecule has 1 saturated heterocycles. The number of nitrogens with zero attached hydrogens (tertiary/aromatic N) is 2. The van der Waals surface area contributed by atoms with Crippen molar-refractivity contribution in [1.29, 1.82) is 0 Å². The molecule has 144 valence electrons. The number of urea groups is 1. The molecule has 6 nitrogen and oxygen atoms in total. The van der Waals surface area contributed by atoms with E-state index >= 15 is 0 Å². The zero-order valence-electron chi connectivity index (χ0n) is 15.0. The Balaban J connectivity index is 1.63. The SMILES string of the molecule is Cc1oc(-c2ccsc2)nc1CN1C(=O)NC(C)(c2ccc(F)cc2Cl)C1=O. The molecule has 28 heavy (non-hydrogen) atoms. The number of rotatable bonds is 4. The summed E-state index contributed by atoms with van der Waals surface area (Å²) in [6.07, 6.45) is 0. The van der Waals surface area contributed by atoms with Crippen molar-refractivity contribution in [2.75, 3.05) is 0 Å². The third kappa shape index (κ3) is 2.98. The van der Waals surface area contributed by atoms with Gasteiger partial charge in [-0.3, -0.25) is 9.69 Å². The van der Waals surface area contributed by atoms with Crippen molar-refractivity contribution in [3.05, 3.63) is 62.9 Å². The van der Waals surface area contributed by atoms with Gasteiger partial charge in [0, 0.05) is 21.5 Å². The molecule has 0 bridgehead atoms. The predicted octanol–water partition coefficient (Wildman–Crippen LogP) is 4.47. The number of oxazole rings is 1. The fraction of sp³-hybridized carbons (Fsp3) is 0.211. The van der Waals surface area contributed by atoms with Crippen LogP contribution in [0.25, 0.3) is 11.5 Å². The highest BCUT2D eigenvalue weighted by molar-refractivity contribution is 7.08. The third-order valence-electron chi connectivity index (χ3n) is 4.71. The Hall–Kier alpha value is -2.71. The van der Waals surface area contributed by atoms with Crippen LogP contribution in [0.2, 0.25) is 5.02 Å². The van der Waals surface area contributed by atoms with E-state index in [1.807, 2.05) is 16.8 Å². The molecule has 3 amide bonds. The first-order valence-electron chi connectivity index (χ1n) is 8.38. The number of benzene rings is 1. The lowest BCUT2D eigenvalue weighted by Crippen LogP contribution is -2.41. The summed E-state index contributed by atoms with van der Waals surface area (Å²) in [5.41, 5.74) is 0.251. The molecule has 0 spiro atoms. The van der Waals surface area contributed by atoms with Gasteiger partial charge in [-0.25, -0.2) is 14.2 Å². The highest BCUT2D eigenvalue weighted by Crippen LogP contribution is 2.35. The second-order valence-corrected chi connectivity index (χ2v) is 7.79. The van der Waals surface area contributed by atoms with Crippen LogP contribution in [-0.2, 0) is 16.9 Å². The number of carbonyl (C=O) groups excluding carboxylic acids is 2. The van der Waals surface area contributed by atoms with Crippen LogP contribution < -0.4 is 5.32 Å². The second kappa shape index (κ2) is 6.72. The molecule has 3 aromatic rings. The summed E-state index contributed by atoms with van der Waals surface area (Å²) in [6.45, 7) is 3.23. The quantitative estimate of drug-likeness (QED) is 0.633. The van der Waals surface area contributed by atoms with Crippen LogP contribution in [0.1, 0.15) is 23.9 Å². The number of aryl methyl sites for hydroxylation is 1. The van der Waals surface area contributed by atoms with Crippen LogP contribution in [0.5, 0.6) is 0 Å². The third-order valence-corrected chi connectivity index (χ3v) is 5.71. The standard InChI is InChI=1S/C19H15ClFN3O3S/c1-10-15(22-16(27-10)11-5-6-28-9-11)8-24-17(25)19(2,23-18(24)26)13-4-3-12(21)7-14(13)20/h3-7,9H,8H2,1-2H3,(H,23,26). The van der Waals surface area contributed by atoms with E-state index in [9.17, 15) is 14.0 Å². The molecule has 0 saturated carbocycles. The van der Waals surface area contributed by atoms with E-state index in [1.54, 1.807) is 13.8 Å². The van der Waals surface area contributed by atoms with Crippen molar-refractivity contribution in [2.45, 2.75) is 25.9 Å². The van der Waals surface area contributed by atoms with E-state index in [0.717, 1.165) is 16.5 Å². The topological polar surface area (TPSA) is 75.4 Å². The van der Waals surface area contributed by atoms with Gasteiger partial charge >= 0.3 is 6.03 Å². The van der Waals surface area contributed by atoms with Gasteiger partial charge < -0.3 is 9.73 Å². The summed E-state index contributed by atoms with van der Waals surface area (Å²) in [6, 6.07) is 5.01. The van der Waals surface area contributed by atoms with Gasteiger partial charge in [0.1, 0.15) is 22.8 Å². The maximum Gasteiger partial charge on any atom is 0.325 e. The van der Waals surface area contributed by atoms with E-state index in [4.69, 9.17) is 16.0 Å². The molecular formula is C19H15ClFN3O3S. The highest BCUT2D eigenvalue weighted by Gasteiger charge is 2.50. The largest absolute Gasteiger partial charge is 0.441 e. The summed E-state index contributed by atoms with van der Waals surface area (Å²) < 4.78 is 19.0. The monoisotopic (exact) mass is 419 g/mol. The fourth-order valence-electron chi connectivity index (χ4n) is 3.15. The number of imide groups is 1. The molecule has 1 aliphatic heterocycles. The average Bonchev–Trinajstić information content (AvgIpc) is 3.32. The molecule has 2 aromatic heterocycles. The first-order valence-corrected chi connectivity index (χ1v) is 9.70. The Labute approximate surface area is 168 Å². The molecule has 0 aliphatic carbocycles. The Morgan fingerprint density at radius 1 is 1.36 bits per heavy atom. The molecule has 1 aromatic carbocycles. The molecular weight excluding hydrogens is 405 g/mol. The minimum Gasteiger partial charge on any atom is -0.441 e. The first kappa shape index (κ1) is 18.6. The number of hydrogen-bond donors (Lipinski definition) is 1. The van der Waals surface area contributed by atoms with Gasteiger partial charge in [0.15, 0.2) is 0 Å². The van der Waals surface area contributed by atoms with E-state index in [-0.39, 0.29) is 11.6 Å². The number of halogens is 2. The van der Waals surface area contributed by atoms with Gasteiger partial charge in [-0.05, 0) is 37.4 Å². The smallest absolute Gasteiger partial charge is 0.325 e.